The molecule has 0 saturated carbocycles. The van der Waals surface area contributed by atoms with Gasteiger partial charge >= 0.3 is 5.97 Å². The fourth-order valence-electron chi connectivity index (χ4n) is 2.59. The molecule has 1 atom stereocenters. The molecule has 2 aromatic carbocycles. The maximum Gasteiger partial charge on any atom is 0.335 e. The van der Waals surface area contributed by atoms with Crippen molar-refractivity contribution in [1.29, 1.82) is 0 Å². The molecule has 0 spiro atoms. The van der Waals surface area contributed by atoms with Crippen LogP contribution in [-0.2, 0) is 4.79 Å². The number of rotatable bonds is 3. The summed E-state index contributed by atoms with van der Waals surface area (Å²) in [6, 6.07) is 11.5. The number of aliphatic imine (C=N–C) groups is 1. The number of carboxylic acid groups (broad SMARTS) is 1. The third-order valence-corrected chi connectivity index (χ3v) is 3.93. The molecule has 0 fully saturated rings. The number of benzene rings is 2. The van der Waals surface area contributed by atoms with Gasteiger partial charge < -0.3 is 10.4 Å². The fraction of sp³-hybridized carbons (Fsp3) is 0.118. The predicted molar refractivity (Wildman–Crippen MR) is 89.0 cm³/mol. The van der Waals surface area contributed by atoms with E-state index in [0.29, 0.717) is 27.7 Å². The van der Waals surface area contributed by atoms with Gasteiger partial charge in [0, 0.05) is 16.4 Å². The molecule has 3 rings (SSSR count). The highest BCUT2D eigenvalue weighted by atomic mass is 35.5. The number of halogens is 1. The molecule has 0 bridgehead atoms. The standard InChI is InChI=1S/C17H13ClN2O3/c1-9(19-12-5-3-11(18)4-6-12)15-13-8-10(17(22)23)2-7-14(13)20-16(15)21/h2-8,15H,1H3,(H,20,21)(H,22,23). The number of aromatic carboxylic acids is 1. The molecule has 0 saturated heterocycles. The smallest absolute Gasteiger partial charge is 0.335 e. The van der Waals surface area contributed by atoms with Crippen LogP contribution < -0.4 is 5.32 Å². The number of carboxylic acids is 1. The Balaban J connectivity index is 2.00. The lowest BCUT2D eigenvalue weighted by atomic mass is 9.94. The van der Waals surface area contributed by atoms with Crippen molar-refractivity contribution in [2.24, 2.45) is 4.99 Å². The quantitative estimate of drug-likeness (QED) is 0.839. The minimum Gasteiger partial charge on any atom is -0.478 e. The number of amides is 1. The van der Waals surface area contributed by atoms with E-state index in [2.05, 4.69) is 10.3 Å². The molecule has 0 radical (unpaired) electrons. The van der Waals surface area contributed by atoms with E-state index < -0.39 is 11.9 Å². The van der Waals surface area contributed by atoms with Crippen LogP contribution in [0.3, 0.4) is 0 Å². The molecular weight excluding hydrogens is 316 g/mol. The number of hydrogen-bond donors (Lipinski definition) is 2. The summed E-state index contributed by atoms with van der Waals surface area (Å²) in [4.78, 5) is 27.8. The molecule has 1 aliphatic rings. The summed E-state index contributed by atoms with van der Waals surface area (Å²) in [7, 11) is 0. The van der Waals surface area contributed by atoms with Crippen LogP contribution in [0.25, 0.3) is 0 Å². The summed E-state index contributed by atoms with van der Waals surface area (Å²) in [5.74, 6) is -1.84. The van der Waals surface area contributed by atoms with Gasteiger partial charge in [-0.2, -0.15) is 0 Å². The van der Waals surface area contributed by atoms with E-state index in [4.69, 9.17) is 16.7 Å². The Bertz CT molecular complexity index is 828. The fourth-order valence-corrected chi connectivity index (χ4v) is 2.72. The van der Waals surface area contributed by atoms with Gasteiger partial charge in [0.1, 0.15) is 5.92 Å². The van der Waals surface area contributed by atoms with Crippen LogP contribution >= 0.6 is 11.6 Å². The highest BCUT2D eigenvalue weighted by Gasteiger charge is 2.33. The molecule has 1 aliphatic heterocycles. The van der Waals surface area contributed by atoms with Crippen molar-refractivity contribution in [3.63, 3.8) is 0 Å². The highest BCUT2D eigenvalue weighted by Crippen LogP contribution is 2.35. The van der Waals surface area contributed by atoms with E-state index >= 15 is 0 Å². The van der Waals surface area contributed by atoms with E-state index in [1.807, 2.05) is 0 Å². The lowest BCUT2D eigenvalue weighted by Gasteiger charge is -2.09. The molecule has 1 heterocycles. The van der Waals surface area contributed by atoms with Gasteiger partial charge in [-0.25, -0.2) is 4.79 Å². The molecule has 2 aromatic rings. The third kappa shape index (κ3) is 2.96. The van der Waals surface area contributed by atoms with Crippen LogP contribution in [-0.4, -0.2) is 22.7 Å². The minimum absolute atomic E-state index is 0.143. The Labute approximate surface area is 137 Å². The summed E-state index contributed by atoms with van der Waals surface area (Å²) in [6.45, 7) is 1.75. The van der Waals surface area contributed by atoms with Crippen molar-refractivity contribution in [1.82, 2.24) is 0 Å². The van der Waals surface area contributed by atoms with Gasteiger partial charge in [0.2, 0.25) is 5.91 Å². The topological polar surface area (TPSA) is 78.8 Å². The van der Waals surface area contributed by atoms with E-state index in [9.17, 15) is 9.59 Å². The summed E-state index contributed by atoms with van der Waals surface area (Å²) < 4.78 is 0. The Morgan fingerprint density at radius 1 is 1.22 bits per heavy atom. The number of hydrogen-bond acceptors (Lipinski definition) is 3. The molecule has 23 heavy (non-hydrogen) atoms. The van der Waals surface area contributed by atoms with Crippen molar-refractivity contribution in [3.05, 3.63) is 58.6 Å². The van der Waals surface area contributed by atoms with Crippen molar-refractivity contribution in [2.45, 2.75) is 12.8 Å². The summed E-state index contributed by atoms with van der Waals surface area (Å²) in [6.07, 6.45) is 0. The summed E-state index contributed by atoms with van der Waals surface area (Å²) in [5, 5.41) is 12.5. The first-order chi connectivity index (χ1) is 11.0. The molecule has 5 nitrogen and oxygen atoms in total. The number of nitrogens with one attached hydrogen (secondary N) is 1. The minimum atomic E-state index is -1.03. The number of anilines is 1. The molecule has 116 valence electrons. The van der Waals surface area contributed by atoms with Crippen LogP contribution in [0.5, 0.6) is 0 Å². The number of carbonyl (C=O) groups is 2. The number of nitrogens with zero attached hydrogens (tertiary/aromatic N) is 1. The Kier molecular flexibility index (Phi) is 3.88. The Morgan fingerprint density at radius 3 is 2.57 bits per heavy atom. The van der Waals surface area contributed by atoms with E-state index in [1.54, 1.807) is 37.3 Å². The maximum atomic E-state index is 12.2. The summed E-state index contributed by atoms with van der Waals surface area (Å²) in [5.41, 5.74) is 2.67. The first-order valence-corrected chi connectivity index (χ1v) is 7.32. The van der Waals surface area contributed by atoms with Crippen molar-refractivity contribution in [3.8, 4) is 0 Å². The maximum absolute atomic E-state index is 12.2. The van der Waals surface area contributed by atoms with E-state index in [-0.39, 0.29) is 11.5 Å². The van der Waals surface area contributed by atoms with Gasteiger partial charge in [-0.15, -0.1) is 0 Å². The van der Waals surface area contributed by atoms with Gasteiger partial charge in [-0.1, -0.05) is 11.6 Å². The molecule has 1 unspecified atom stereocenters. The van der Waals surface area contributed by atoms with Gasteiger partial charge in [0.15, 0.2) is 0 Å². The first-order valence-electron chi connectivity index (χ1n) is 6.94. The predicted octanol–water partition coefficient (Wildman–Crippen LogP) is 3.87. The molecule has 2 N–H and O–H groups in total. The largest absolute Gasteiger partial charge is 0.478 e. The average Bonchev–Trinajstić information content (AvgIpc) is 2.84. The van der Waals surface area contributed by atoms with Crippen molar-refractivity contribution in [2.75, 3.05) is 5.32 Å². The zero-order valence-electron chi connectivity index (χ0n) is 12.2. The van der Waals surface area contributed by atoms with E-state index in [0.717, 1.165) is 0 Å². The second-order valence-corrected chi connectivity index (χ2v) is 5.70. The molecule has 0 aromatic heterocycles. The Hall–Kier alpha value is -2.66. The number of fused-ring (bicyclic) bond motifs is 1. The Morgan fingerprint density at radius 2 is 1.91 bits per heavy atom. The second-order valence-electron chi connectivity index (χ2n) is 5.26. The zero-order chi connectivity index (χ0) is 16.6. The van der Waals surface area contributed by atoms with Crippen LogP contribution in [0.4, 0.5) is 11.4 Å². The van der Waals surface area contributed by atoms with Gasteiger partial charge in [0.25, 0.3) is 0 Å². The normalized spacial score (nSPS) is 16.9. The number of carbonyl (C=O) groups excluding carboxylic acids is 1. The first kappa shape index (κ1) is 15.2. The van der Waals surface area contributed by atoms with Gasteiger partial charge in [-0.05, 0) is 55.0 Å². The lowest BCUT2D eigenvalue weighted by molar-refractivity contribution is -0.115. The average molecular weight is 329 g/mol. The van der Waals surface area contributed by atoms with Crippen LogP contribution in [0.15, 0.2) is 47.5 Å². The second kappa shape index (κ2) is 5.85. The highest BCUT2D eigenvalue weighted by molar-refractivity contribution is 6.30. The van der Waals surface area contributed by atoms with Crippen molar-refractivity contribution >= 4 is 40.6 Å². The van der Waals surface area contributed by atoms with Gasteiger partial charge in [-0.3, -0.25) is 9.79 Å². The zero-order valence-corrected chi connectivity index (χ0v) is 13.0. The molecule has 1 amide bonds. The summed E-state index contributed by atoms with van der Waals surface area (Å²) >= 11 is 5.84. The molecule has 6 heteroatoms. The van der Waals surface area contributed by atoms with Gasteiger partial charge in [0.05, 0.1) is 11.3 Å². The lowest BCUT2D eigenvalue weighted by Crippen LogP contribution is -2.18. The van der Waals surface area contributed by atoms with Crippen LogP contribution in [0.1, 0.15) is 28.8 Å². The molecule has 0 aliphatic carbocycles. The van der Waals surface area contributed by atoms with Crippen LogP contribution in [0, 0.1) is 0 Å². The monoisotopic (exact) mass is 328 g/mol. The third-order valence-electron chi connectivity index (χ3n) is 3.68. The van der Waals surface area contributed by atoms with E-state index in [1.165, 1.54) is 12.1 Å². The van der Waals surface area contributed by atoms with Crippen LogP contribution in [0.2, 0.25) is 5.02 Å². The SMILES string of the molecule is CC(=Nc1ccc(Cl)cc1)C1C(=O)Nc2ccc(C(=O)O)cc21. The van der Waals surface area contributed by atoms with Crippen molar-refractivity contribution < 1.29 is 14.7 Å². The molecular formula is C17H13ClN2O3.